The maximum atomic E-state index is 5.41. The maximum Gasteiger partial charge on any atom is 0.0975 e. The number of nitrogens with two attached hydrogens (primary N) is 1. The molecule has 0 rings (SSSR count). The number of hydrogen-bond donors (Lipinski definition) is 1. The first-order valence-corrected chi connectivity index (χ1v) is 6.48. The highest BCUT2D eigenvalue weighted by molar-refractivity contribution is 6.58. The lowest BCUT2D eigenvalue weighted by Crippen LogP contribution is -2.27. The van der Waals surface area contributed by atoms with Gasteiger partial charge in [-0.3, -0.25) is 0 Å². The normalized spacial score (nSPS) is 10.9. The van der Waals surface area contributed by atoms with Crippen molar-refractivity contribution in [3.05, 3.63) is 0 Å². The Kier molecular flexibility index (Phi) is 8.27. The van der Waals surface area contributed by atoms with Crippen molar-refractivity contribution in [2.75, 3.05) is 33.2 Å². The minimum Gasteiger partial charge on any atom is -0.388 e. The van der Waals surface area contributed by atoms with Crippen LogP contribution in [0.4, 0.5) is 0 Å². The second-order valence-electron chi connectivity index (χ2n) is 2.71. The highest BCUT2D eigenvalue weighted by Gasteiger charge is 2.08. The van der Waals surface area contributed by atoms with Crippen LogP contribution in [-0.2, 0) is 9.47 Å². The summed E-state index contributed by atoms with van der Waals surface area (Å²) in [6.07, 6.45) is 2.94. The van der Waals surface area contributed by atoms with E-state index in [2.05, 4.69) is 0 Å². The van der Waals surface area contributed by atoms with Gasteiger partial charge in [-0.05, 0) is 13.0 Å². The summed E-state index contributed by atoms with van der Waals surface area (Å²) in [5.74, 6) is 0. The number of rotatable bonds is 7. The molecule has 0 saturated heterocycles. The molecule has 0 aromatic carbocycles. The largest absolute Gasteiger partial charge is 0.388 e. The molecule has 0 fully saturated rings. The third-order valence-electron chi connectivity index (χ3n) is 1.62. The van der Waals surface area contributed by atoms with E-state index >= 15 is 0 Å². The van der Waals surface area contributed by atoms with Gasteiger partial charge in [0.05, 0.1) is 8.80 Å². The molecule has 4 heteroatoms. The Labute approximate surface area is 70.5 Å². The van der Waals surface area contributed by atoms with Crippen molar-refractivity contribution in [2.24, 2.45) is 5.73 Å². The van der Waals surface area contributed by atoms with E-state index in [0.29, 0.717) is 0 Å². The third-order valence-corrected chi connectivity index (χ3v) is 4.46. The van der Waals surface area contributed by atoms with Crippen molar-refractivity contribution >= 4 is 8.80 Å². The van der Waals surface area contributed by atoms with E-state index in [-0.39, 0.29) is 0 Å². The van der Waals surface area contributed by atoms with Gasteiger partial charge >= 0.3 is 0 Å². The predicted octanol–water partition coefficient (Wildman–Crippen LogP) is -0.0665. The Bertz CT molecular complexity index is 76.8. The fourth-order valence-corrected chi connectivity index (χ4v) is 3.28. The Morgan fingerprint density at radius 2 is 1.73 bits per heavy atom. The summed E-state index contributed by atoms with van der Waals surface area (Å²) in [7, 11) is 2.72. The van der Waals surface area contributed by atoms with E-state index in [4.69, 9.17) is 15.2 Å². The molecule has 0 radical (unpaired) electrons. The highest BCUT2D eigenvalue weighted by atomic mass is 28.3. The zero-order valence-electron chi connectivity index (χ0n) is 7.51. The molecule has 0 heterocycles. The molecule has 0 saturated carbocycles. The Morgan fingerprint density at radius 3 is 2.09 bits per heavy atom. The summed E-state index contributed by atoms with van der Waals surface area (Å²) < 4.78 is 10.2. The van der Waals surface area contributed by atoms with Gasteiger partial charge in [-0.1, -0.05) is 6.04 Å². The average molecular weight is 177 g/mol. The number of ether oxygens (including phenoxy) is 2. The molecule has 68 valence electrons. The second-order valence-corrected chi connectivity index (χ2v) is 5.68. The molecule has 0 unspecified atom stereocenters. The summed E-state index contributed by atoms with van der Waals surface area (Å²) in [6, 6.07) is 1.23. The van der Waals surface area contributed by atoms with Crippen LogP contribution >= 0.6 is 0 Å². The van der Waals surface area contributed by atoms with Crippen molar-refractivity contribution in [1.82, 2.24) is 0 Å². The Morgan fingerprint density at radius 1 is 1.18 bits per heavy atom. The van der Waals surface area contributed by atoms with Crippen LogP contribution in [0.3, 0.4) is 0 Å². The van der Waals surface area contributed by atoms with Gasteiger partial charge in [0.2, 0.25) is 0 Å². The van der Waals surface area contributed by atoms with Gasteiger partial charge in [-0.15, -0.1) is 0 Å². The van der Waals surface area contributed by atoms with E-state index in [1.165, 1.54) is 6.04 Å². The van der Waals surface area contributed by atoms with Gasteiger partial charge in [0, 0.05) is 26.7 Å². The Balaban J connectivity index is 3.34. The molecule has 0 aliphatic rings. The van der Waals surface area contributed by atoms with Crippen LogP contribution in [0.25, 0.3) is 0 Å². The molecule has 0 spiro atoms. The number of methoxy groups -OCH3 is 2. The fourth-order valence-electron chi connectivity index (χ4n) is 1.09. The van der Waals surface area contributed by atoms with Crippen LogP contribution in [0, 0.1) is 0 Å². The summed E-state index contributed by atoms with van der Waals surface area (Å²) >= 11 is 0. The Hall–Kier alpha value is 0.0969. The molecular weight excluding hydrogens is 158 g/mol. The van der Waals surface area contributed by atoms with Crippen LogP contribution < -0.4 is 5.73 Å². The molecule has 11 heavy (non-hydrogen) atoms. The van der Waals surface area contributed by atoms with Crippen LogP contribution in [0.5, 0.6) is 0 Å². The summed E-state index contributed by atoms with van der Waals surface area (Å²) in [4.78, 5) is 0. The molecule has 2 N–H and O–H groups in total. The first-order valence-electron chi connectivity index (χ1n) is 4.03. The van der Waals surface area contributed by atoms with Crippen molar-refractivity contribution in [3.63, 3.8) is 0 Å². The summed E-state index contributed by atoms with van der Waals surface area (Å²) in [5, 5.41) is 0. The third kappa shape index (κ3) is 6.49. The molecule has 0 aliphatic heterocycles. The van der Waals surface area contributed by atoms with Crippen molar-refractivity contribution in [3.8, 4) is 0 Å². The quantitative estimate of drug-likeness (QED) is 0.554. The zero-order valence-corrected chi connectivity index (χ0v) is 8.66. The molecular formula is C7H19NO2Si. The molecule has 0 aromatic heterocycles. The van der Waals surface area contributed by atoms with Crippen molar-refractivity contribution < 1.29 is 9.47 Å². The van der Waals surface area contributed by atoms with Crippen LogP contribution in [0.1, 0.15) is 6.42 Å². The standard InChI is InChI=1S/C7H19NO2Si/c1-9-6-11(7-10-2)5-3-4-8/h11H,3-8H2,1-2H3. The maximum absolute atomic E-state index is 5.41. The predicted molar refractivity (Wildman–Crippen MR) is 49.4 cm³/mol. The van der Waals surface area contributed by atoms with Gasteiger partial charge in [0.25, 0.3) is 0 Å². The lowest BCUT2D eigenvalue weighted by molar-refractivity contribution is 0.222. The minimum atomic E-state index is -0.776. The van der Waals surface area contributed by atoms with Crippen LogP contribution in [0.15, 0.2) is 0 Å². The average Bonchev–Trinajstić information content (AvgIpc) is 2.01. The first-order chi connectivity index (χ1) is 5.35. The first kappa shape index (κ1) is 11.1. The van der Waals surface area contributed by atoms with E-state index in [1.54, 1.807) is 14.2 Å². The van der Waals surface area contributed by atoms with Gasteiger partial charge < -0.3 is 15.2 Å². The van der Waals surface area contributed by atoms with Gasteiger partial charge in [0.1, 0.15) is 0 Å². The van der Waals surface area contributed by atoms with Crippen LogP contribution in [-0.4, -0.2) is 42.0 Å². The molecule has 0 amide bonds. The van der Waals surface area contributed by atoms with Crippen molar-refractivity contribution in [1.29, 1.82) is 0 Å². The molecule has 0 bridgehead atoms. The van der Waals surface area contributed by atoms with Gasteiger partial charge in [-0.25, -0.2) is 0 Å². The smallest absolute Gasteiger partial charge is 0.0975 e. The lowest BCUT2D eigenvalue weighted by atomic mass is 10.5. The van der Waals surface area contributed by atoms with Crippen LogP contribution in [0.2, 0.25) is 6.04 Å². The topological polar surface area (TPSA) is 44.5 Å². The van der Waals surface area contributed by atoms with E-state index in [0.717, 1.165) is 25.4 Å². The van der Waals surface area contributed by atoms with E-state index in [9.17, 15) is 0 Å². The molecule has 0 atom stereocenters. The summed E-state index contributed by atoms with van der Waals surface area (Å²) in [6.45, 7) is 0.789. The lowest BCUT2D eigenvalue weighted by Gasteiger charge is -2.11. The molecule has 0 aromatic rings. The summed E-state index contributed by atoms with van der Waals surface area (Å²) in [5.41, 5.74) is 5.41. The van der Waals surface area contributed by atoms with Gasteiger partial charge in [0.15, 0.2) is 0 Å². The monoisotopic (exact) mass is 177 g/mol. The molecule has 0 aliphatic carbocycles. The SMILES string of the molecule is COC[SiH](CCCN)COC. The van der Waals surface area contributed by atoms with E-state index < -0.39 is 8.80 Å². The second kappa shape index (κ2) is 8.20. The minimum absolute atomic E-state index is 0.776. The fraction of sp³-hybridized carbons (Fsp3) is 1.00. The molecule has 3 nitrogen and oxygen atoms in total. The van der Waals surface area contributed by atoms with Crippen molar-refractivity contribution in [2.45, 2.75) is 12.5 Å². The highest BCUT2D eigenvalue weighted by Crippen LogP contribution is 1.97. The number of hydrogen-bond acceptors (Lipinski definition) is 3. The van der Waals surface area contributed by atoms with Gasteiger partial charge in [-0.2, -0.15) is 0 Å². The van der Waals surface area contributed by atoms with E-state index in [1.807, 2.05) is 0 Å². The zero-order chi connectivity index (χ0) is 8.53.